The highest BCUT2D eigenvalue weighted by Gasteiger charge is 2.19. The Kier molecular flexibility index (Phi) is 14.9. The van der Waals surface area contributed by atoms with Gasteiger partial charge in [-0.15, -0.1) is 0 Å². The average Bonchev–Trinajstić information content (AvgIpc) is 2.42. The highest BCUT2D eigenvalue weighted by molar-refractivity contribution is 4.70. The Morgan fingerprint density at radius 2 is 0.393 bits per heavy atom. The second kappa shape index (κ2) is 14.9. The molecule has 0 aliphatic rings. The first-order valence-electron chi connectivity index (χ1n) is 12.9. The summed E-state index contributed by atoms with van der Waals surface area (Å²) >= 11 is 0. The summed E-state index contributed by atoms with van der Waals surface area (Å²) < 4.78 is 0. The van der Waals surface area contributed by atoms with E-state index in [2.05, 4.69) is 76.2 Å². The summed E-state index contributed by atoms with van der Waals surface area (Å²) in [5.41, 5.74) is 0. The minimum atomic E-state index is 0.844. The van der Waals surface area contributed by atoms with E-state index >= 15 is 0 Å². The van der Waals surface area contributed by atoms with Gasteiger partial charge < -0.3 is 0 Å². The second-order valence-electron chi connectivity index (χ2n) is 12.4. The molecule has 0 aliphatic heterocycles. The van der Waals surface area contributed by atoms with Crippen molar-refractivity contribution >= 4 is 0 Å². The number of hydrogen-bond acceptors (Lipinski definition) is 0. The molecule has 0 bridgehead atoms. The molecule has 0 aromatic heterocycles. The summed E-state index contributed by atoms with van der Waals surface area (Å²) in [6, 6.07) is 0. The average molecular weight is 395 g/mol. The molecule has 0 amide bonds. The summed E-state index contributed by atoms with van der Waals surface area (Å²) in [6.07, 6.45) is 11.3. The molecule has 0 aliphatic carbocycles. The number of rotatable bonds is 16. The fourth-order valence-corrected chi connectivity index (χ4v) is 6.40. The van der Waals surface area contributed by atoms with E-state index in [1.54, 1.807) is 0 Å². The van der Waals surface area contributed by atoms with E-state index in [4.69, 9.17) is 0 Å². The molecule has 0 saturated carbocycles. The lowest BCUT2D eigenvalue weighted by Crippen LogP contribution is -2.14. The van der Waals surface area contributed by atoms with Crippen molar-refractivity contribution in [3.8, 4) is 0 Å². The van der Waals surface area contributed by atoms with E-state index < -0.39 is 0 Å². The third kappa shape index (κ3) is 15.9. The summed E-state index contributed by atoms with van der Waals surface area (Å²) in [5, 5.41) is 0. The lowest BCUT2D eigenvalue weighted by Gasteiger charge is -2.26. The fraction of sp³-hybridized carbons (Fsp3) is 1.00. The van der Waals surface area contributed by atoms with Gasteiger partial charge in [0.1, 0.15) is 0 Å². The van der Waals surface area contributed by atoms with Crippen molar-refractivity contribution in [3.63, 3.8) is 0 Å². The molecule has 0 radical (unpaired) electrons. The van der Waals surface area contributed by atoms with Crippen LogP contribution < -0.4 is 0 Å². The normalized spacial score (nSPS) is 20.0. The Bertz CT molecular complexity index is 321. The molecule has 28 heavy (non-hydrogen) atoms. The third-order valence-corrected chi connectivity index (χ3v) is 6.58. The van der Waals surface area contributed by atoms with E-state index in [1.807, 2.05) is 0 Å². The van der Waals surface area contributed by atoms with Gasteiger partial charge in [0, 0.05) is 0 Å². The summed E-state index contributed by atoms with van der Waals surface area (Å²) in [4.78, 5) is 0. The second-order valence-corrected chi connectivity index (χ2v) is 12.4. The summed E-state index contributed by atoms with van der Waals surface area (Å²) in [5.74, 6) is 7.88. The molecule has 0 saturated heterocycles. The minimum absolute atomic E-state index is 0.844. The van der Waals surface area contributed by atoms with E-state index in [-0.39, 0.29) is 0 Å². The minimum Gasteiger partial charge on any atom is -0.0628 e. The molecule has 0 unspecified atom stereocenters. The first-order chi connectivity index (χ1) is 12.9. The third-order valence-electron chi connectivity index (χ3n) is 6.58. The van der Waals surface area contributed by atoms with Crippen molar-refractivity contribution in [2.24, 2.45) is 53.3 Å². The van der Waals surface area contributed by atoms with Gasteiger partial charge in [0.15, 0.2) is 0 Å². The van der Waals surface area contributed by atoms with Crippen molar-refractivity contribution < 1.29 is 0 Å². The van der Waals surface area contributed by atoms with Crippen LogP contribution in [0.5, 0.6) is 0 Å². The zero-order chi connectivity index (χ0) is 21.9. The zero-order valence-corrected chi connectivity index (χ0v) is 21.9. The van der Waals surface area contributed by atoms with Crippen LogP contribution in [0.3, 0.4) is 0 Å². The maximum absolute atomic E-state index is 2.51. The van der Waals surface area contributed by atoms with Gasteiger partial charge in [-0.2, -0.15) is 0 Å². The van der Waals surface area contributed by atoms with Crippen molar-refractivity contribution in [2.75, 3.05) is 0 Å². The molecule has 0 nitrogen and oxygen atoms in total. The van der Waals surface area contributed by atoms with Crippen LogP contribution in [0, 0.1) is 53.3 Å². The predicted molar refractivity (Wildman–Crippen MR) is 131 cm³/mol. The standard InChI is InChI=1S/C28H58/c1-20(2)12-22(5)14-24(7)16-26(9)18-28(11)19-27(10)17-25(8)15-23(6)13-21(3)4/h20-28H,12-19H2,1-11H3/t22-,23-,24-,25-,26-,27-/m1/s1. The SMILES string of the molecule is CC(C)C[C@@H](C)C[C@@H](C)C[C@@H](C)CC(C)C[C@H](C)C[C@H](C)C[C@H](C)CC(C)C. The molecule has 0 heteroatoms. The Morgan fingerprint density at radius 1 is 0.250 bits per heavy atom. The maximum Gasteiger partial charge on any atom is -0.0438 e. The van der Waals surface area contributed by atoms with Crippen LogP contribution in [0.1, 0.15) is 128 Å². The first kappa shape index (κ1) is 28.0. The first-order valence-corrected chi connectivity index (χ1v) is 12.9. The van der Waals surface area contributed by atoms with Gasteiger partial charge in [0.2, 0.25) is 0 Å². The van der Waals surface area contributed by atoms with Crippen LogP contribution in [0.25, 0.3) is 0 Å². The van der Waals surface area contributed by atoms with Crippen molar-refractivity contribution in [1.82, 2.24) is 0 Å². The van der Waals surface area contributed by atoms with Gasteiger partial charge in [0.05, 0.1) is 0 Å². The van der Waals surface area contributed by atoms with Crippen molar-refractivity contribution in [2.45, 2.75) is 128 Å². The van der Waals surface area contributed by atoms with Crippen molar-refractivity contribution in [1.29, 1.82) is 0 Å². The fourth-order valence-electron chi connectivity index (χ4n) is 6.40. The van der Waals surface area contributed by atoms with E-state index in [0.717, 1.165) is 53.3 Å². The highest BCUT2D eigenvalue weighted by Crippen LogP contribution is 2.31. The Hall–Kier alpha value is 0. The number of hydrogen-bond donors (Lipinski definition) is 0. The quantitative estimate of drug-likeness (QED) is 0.244. The van der Waals surface area contributed by atoms with Crippen LogP contribution in [-0.4, -0.2) is 0 Å². The van der Waals surface area contributed by atoms with E-state index in [0.29, 0.717) is 0 Å². The van der Waals surface area contributed by atoms with Crippen LogP contribution in [-0.2, 0) is 0 Å². The largest absolute Gasteiger partial charge is 0.0628 e. The molecular formula is C28H58. The predicted octanol–water partition coefficient (Wildman–Crippen LogP) is 9.87. The lowest BCUT2D eigenvalue weighted by molar-refractivity contribution is 0.255. The van der Waals surface area contributed by atoms with Gasteiger partial charge >= 0.3 is 0 Å². The molecule has 6 atom stereocenters. The van der Waals surface area contributed by atoms with Crippen LogP contribution in [0.2, 0.25) is 0 Å². The van der Waals surface area contributed by atoms with Crippen LogP contribution in [0.4, 0.5) is 0 Å². The van der Waals surface area contributed by atoms with E-state index in [9.17, 15) is 0 Å². The lowest BCUT2D eigenvalue weighted by atomic mass is 9.80. The Labute approximate surface area is 181 Å². The summed E-state index contributed by atoms with van der Waals surface area (Å²) in [6.45, 7) is 26.8. The molecule has 0 fully saturated rings. The molecule has 0 spiro atoms. The Balaban J connectivity index is 4.11. The van der Waals surface area contributed by atoms with Gasteiger partial charge in [0.25, 0.3) is 0 Å². The van der Waals surface area contributed by atoms with E-state index in [1.165, 1.54) is 51.4 Å². The molecule has 0 heterocycles. The molecule has 0 N–H and O–H groups in total. The van der Waals surface area contributed by atoms with Crippen LogP contribution >= 0.6 is 0 Å². The topological polar surface area (TPSA) is 0 Å². The monoisotopic (exact) mass is 394 g/mol. The zero-order valence-electron chi connectivity index (χ0n) is 21.9. The van der Waals surface area contributed by atoms with Gasteiger partial charge in [-0.25, -0.2) is 0 Å². The van der Waals surface area contributed by atoms with Gasteiger partial charge in [-0.1, -0.05) is 76.2 Å². The maximum atomic E-state index is 2.51. The molecule has 0 aromatic rings. The van der Waals surface area contributed by atoms with Gasteiger partial charge in [-0.05, 0) is 105 Å². The van der Waals surface area contributed by atoms with Crippen LogP contribution in [0.15, 0.2) is 0 Å². The molecule has 0 rings (SSSR count). The highest BCUT2D eigenvalue weighted by atomic mass is 14.2. The van der Waals surface area contributed by atoms with Crippen molar-refractivity contribution in [3.05, 3.63) is 0 Å². The molecule has 0 aromatic carbocycles. The Morgan fingerprint density at radius 3 is 0.536 bits per heavy atom. The smallest absolute Gasteiger partial charge is 0.0438 e. The van der Waals surface area contributed by atoms with Gasteiger partial charge in [-0.3, -0.25) is 0 Å². The molecular weight excluding hydrogens is 336 g/mol. The summed E-state index contributed by atoms with van der Waals surface area (Å²) in [7, 11) is 0. The molecule has 170 valence electrons.